The Labute approximate surface area is 174 Å². The van der Waals surface area contributed by atoms with Crippen LogP contribution in [-0.2, 0) is 10.8 Å². The molecule has 0 radical (unpaired) electrons. The molecule has 4 rings (SSSR count). The lowest BCUT2D eigenvalue weighted by atomic mass is 9.86. The van der Waals surface area contributed by atoms with Gasteiger partial charge in [0.05, 0.1) is 16.6 Å². The molecule has 152 valence electrons. The second kappa shape index (κ2) is 6.55. The molecule has 1 unspecified atom stereocenters. The van der Waals surface area contributed by atoms with Crippen molar-refractivity contribution in [2.75, 3.05) is 0 Å². The van der Waals surface area contributed by atoms with Crippen molar-refractivity contribution in [3.8, 4) is 0 Å². The maximum atomic E-state index is 5.16. The van der Waals surface area contributed by atoms with E-state index in [0.717, 1.165) is 28.8 Å². The van der Waals surface area contributed by atoms with Crippen molar-refractivity contribution in [1.82, 2.24) is 14.4 Å². The third kappa shape index (κ3) is 3.21. The number of pyridine rings is 2. The summed E-state index contributed by atoms with van der Waals surface area (Å²) in [5.74, 6) is 0.450. The third-order valence-electron chi connectivity index (χ3n) is 6.06. The summed E-state index contributed by atoms with van der Waals surface area (Å²) in [4.78, 5) is 10.3. The summed E-state index contributed by atoms with van der Waals surface area (Å²) in [5.41, 5.74) is 8.07. The van der Waals surface area contributed by atoms with Crippen molar-refractivity contribution in [3.05, 3.63) is 53.3 Å². The number of imidazole rings is 1. The van der Waals surface area contributed by atoms with Gasteiger partial charge in [-0.05, 0) is 42.2 Å². The van der Waals surface area contributed by atoms with Crippen molar-refractivity contribution in [1.29, 1.82) is 0 Å². The van der Waals surface area contributed by atoms with Gasteiger partial charge in [-0.15, -0.1) is 0 Å². The molecule has 0 aliphatic rings. The number of aromatic nitrogens is 3. The minimum absolute atomic E-state index is 0.00452. The number of benzene rings is 1. The minimum atomic E-state index is -0.0220. The van der Waals surface area contributed by atoms with Gasteiger partial charge in [-0.2, -0.15) is 0 Å². The molecule has 0 N–H and O–H groups in total. The number of rotatable bonds is 2. The number of para-hydroxylation sites is 2. The van der Waals surface area contributed by atoms with Gasteiger partial charge in [0.25, 0.3) is 0 Å². The van der Waals surface area contributed by atoms with E-state index < -0.39 is 0 Å². The molecule has 0 saturated carbocycles. The molecule has 0 saturated heterocycles. The molecule has 0 spiro atoms. The van der Waals surface area contributed by atoms with Gasteiger partial charge in [0.2, 0.25) is 0 Å². The fraction of sp³-hybridized carbons (Fsp3) is 0.462. The van der Waals surface area contributed by atoms with E-state index in [4.69, 9.17) is 9.97 Å². The summed E-state index contributed by atoms with van der Waals surface area (Å²) in [5, 5.41) is 1.21. The Balaban J connectivity index is 2.28. The number of fused-ring (bicyclic) bond motifs is 5. The predicted octanol–water partition coefficient (Wildman–Crippen LogP) is 7.14. The first-order valence-corrected chi connectivity index (χ1v) is 10.8. The monoisotopic (exact) mass is 387 g/mol. The standard InChI is InChI=1S/C26H33N3/c1-9-16(2)17-14-21(25(3,4)5)27-19-15-22(26(6,7)8)29-20-13-11-10-12-18(20)28-24(29)23(17)19/h10-16H,9H2,1-8H3. The largest absolute Gasteiger partial charge is 0.295 e. The first-order chi connectivity index (χ1) is 13.5. The average Bonchev–Trinajstić information content (AvgIpc) is 3.03. The van der Waals surface area contributed by atoms with Crippen LogP contribution in [0.2, 0.25) is 0 Å². The summed E-state index contributed by atoms with van der Waals surface area (Å²) in [6.45, 7) is 18.1. The minimum Gasteiger partial charge on any atom is -0.295 e. The molecular formula is C26H33N3. The lowest BCUT2D eigenvalue weighted by Crippen LogP contribution is -2.18. The van der Waals surface area contributed by atoms with Crippen LogP contribution in [0.1, 0.15) is 84.7 Å². The van der Waals surface area contributed by atoms with E-state index >= 15 is 0 Å². The van der Waals surface area contributed by atoms with Crippen LogP contribution in [0.4, 0.5) is 0 Å². The van der Waals surface area contributed by atoms with Gasteiger partial charge in [-0.3, -0.25) is 9.38 Å². The molecule has 1 atom stereocenters. The van der Waals surface area contributed by atoms with E-state index in [9.17, 15) is 0 Å². The van der Waals surface area contributed by atoms with Crippen LogP contribution in [0.3, 0.4) is 0 Å². The molecule has 0 amide bonds. The maximum absolute atomic E-state index is 5.16. The summed E-state index contributed by atoms with van der Waals surface area (Å²) in [6.07, 6.45) is 1.09. The number of hydrogen-bond acceptors (Lipinski definition) is 2. The topological polar surface area (TPSA) is 30.2 Å². The molecule has 0 aliphatic heterocycles. The smallest absolute Gasteiger partial charge is 0.147 e. The van der Waals surface area contributed by atoms with Crippen LogP contribution >= 0.6 is 0 Å². The molecule has 3 heteroatoms. The van der Waals surface area contributed by atoms with Gasteiger partial charge in [0.15, 0.2) is 0 Å². The molecule has 29 heavy (non-hydrogen) atoms. The molecule has 1 aromatic carbocycles. The second-order valence-corrected chi connectivity index (χ2v) is 10.5. The van der Waals surface area contributed by atoms with Crippen molar-refractivity contribution < 1.29 is 0 Å². The highest BCUT2D eigenvalue weighted by molar-refractivity contribution is 5.99. The van der Waals surface area contributed by atoms with E-state index in [1.807, 2.05) is 0 Å². The van der Waals surface area contributed by atoms with Gasteiger partial charge in [-0.1, -0.05) is 67.5 Å². The van der Waals surface area contributed by atoms with E-state index in [1.54, 1.807) is 0 Å². The quantitative estimate of drug-likeness (QED) is 0.366. The van der Waals surface area contributed by atoms with Crippen LogP contribution in [0.5, 0.6) is 0 Å². The molecule has 0 fully saturated rings. The SMILES string of the molecule is CCC(C)c1cc(C(C)(C)C)nc2cc(C(C)(C)C)n3c4ccccc4nc3c12. The number of hydrogen-bond donors (Lipinski definition) is 0. The zero-order chi connectivity index (χ0) is 21.1. The van der Waals surface area contributed by atoms with Gasteiger partial charge in [-0.25, -0.2) is 4.98 Å². The van der Waals surface area contributed by atoms with E-state index in [0.29, 0.717) is 5.92 Å². The second-order valence-electron chi connectivity index (χ2n) is 10.5. The average molecular weight is 388 g/mol. The van der Waals surface area contributed by atoms with Gasteiger partial charge >= 0.3 is 0 Å². The Morgan fingerprint density at radius 2 is 1.59 bits per heavy atom. The zero-order valence-electron chi connectivity index (χ0n) is 19.1. The first kappa shape index (κ1) is 19.9. The van der Waals surface area contributed by atoms with Crippen LogP contribution in [-0.4, -0.2) is 14.4 Å². The fourth-order valence-electron chi connectivity index (χ4n) is 4.11. The Morgan fingerprint density at radius 1 is 0.897 bits per heavy atom. The van der Waals surface area contributed by atoms with Crippen LogP contribution in [0.25, 0.3) is 27.6 Å². The summed E-state index contributed by atoms with van der Waals surface area (Å²) >= 11 is 0. The first-order valence-electron chi connectivity index (χ1n) is 10.8. The molecular weight excluding hydrogens is 354 g/mol. The third-order valence-corrected chi connectivity index (χ3v) is 6.06. The van der Waals surface area contributed by atoms with E-state index in [1.165, 1.54) is 22.2 Å². The summed E-state index contributed by atoms with van der Waals surface area (Å²) in [6, 6.07) is 13.1. The fourth-order valence-corrected chi connectivity index (χ4v) is 4.11. The molecule has 3 nitrogen and oxygen atoms in total. The Morgan fingerprint density at radius 3 is 2.21 bits per heavy atom. The highest BCUT2D eigenvalue weighted by Crippen LogP contribution is 2.37. The van der Waals surface area contributed by atoms with Crippen LogP contribution < -0.4 is 0 Å². The zero-order valence-corrected chi connectivity index (χ0v) is 19.1. The van der Waals surface area contributed by atoms with Crippen molar-refractivity contribution in [3.63, 3.8) is 0 Å². The lowest BCUT2D eigenvalue weighted by Gasteiger charge is -2.25. The molecule has 4 aromatic rings. The van der Waals surface area contributed by atoms with E-state index in [2.05, 4.69) is 96.2 Å². The lowest BCUT2D eigenvalue weighted by molar-refractivity contribution is 0.561. The normalized spacial score (nSPS) is 14.2. The van der Waals surface area contributed by atoms with Crippen LogP contribution in [0.15, 0.2) is 36.4 Å². The molecule has 0 bridgehead atoms. The number of nitrogens with zero attached hydrogens (tertiary/aromatic N) is 3. The van der Waals surface area contributed by atoms with Gasteiger partial charge in [0, 0.05) is 27.6 Å². The maximum Gasteiger partial charge on any atom is 0.147 e. The summed E-state index contributed by atoms with van der Waals surface area (Å²) < 4.78 is 2.36. The summed E-state index contributed by atoms with van der Waals surface area (Å²) in [7, 11) is 0. The van der Waals surface area contributed by atoms with Crippen molar-refractivity contribution in [2.45, 2.75) is 78.6 Å². The van der Waals surface area contributed by atoms with Crippen LogP contribution in [0, 0.1) is 0 Å². The van der Waals surface area contributed by atoms with Crippen molar-refractivity contribution >= 4 is 27.6 Å². The molecule has 0 aliphatic carbocycles. The van der Waals surface area contributed by atoms with Gasteiger partial charge in [0.1, 0.15) is 5.65 Å². The highest BCUT2D eigenvalue weighted by atomic mass is 15.0. The molecule has 3 aromatic heterocycles. The predicted molar refractivity (Wildman–Crippen MR) is 124 cm³/mol. The van der Waals surface area contributed by atoms with Gasteiger partial charge < -0.3 is 0 Å². The molecule has 3 heterocycles. The highest BCUT2D eigenvalue weighted by Gasteiger charge is 2.26. The Hall–Kier alpha value is -2.42. The Kier molecular flexibility index (Phi) is 4.49. The Bertz CT molecular complexity index is 1220. The van der Waals surface area contributed by atoms with E-state index in [-0.39, 0.29) is 10.8 Å². The van der Waals surface area contributed by atoms with Crippen molar-refractivity contribution in [2.24, 2.45) is 0 Å².